The van der Waals surface area contributed by atoms with E-state index in [2.05, 4.69) is 19.1 Å². The summed E-state index contributed by atoms with van der Waals surface area (Å²) in [4.78, 5) is 22.5. The van der Waals surface area contributed by atoms with Crippen molar-refractivity contribution in [3.05, 3.63) is 12.2 Å². The highest BCUT2D eigenvalue weighted by Gasteiger charge is 2.15. The fourth-order valence-corrected chi connectivity index (χ4v) is 3.41. The molecule has 0 aliphatic rings. The summed E-state index contributed by atoms with van der Waals surface area (Å²) in [5.41, 5.74) is 0. The van der Waals surface area contributed by atoms with Crippen molar-refractivity contribution >= 4 is 29.1 Å². The average molecular weight is 482 g/mol. The number of unbranched alkanes of at least 4 members (excludes halogenated alkanes) is 12. The summed E-state index contributed by atoms with van der Waals surface area (Å²) in [7, 11) is 0. The molecular formula is C27H50AlO5. The Morgan fingerprint density at radius 2 is 1.30 bits per heavy atom. The molecule has 1 unspecified atom stereocenters. The van der Waals surface area contributed by atoms with Crippen LogP contribution in [0.5, 0.6) is 0 Å². The van der Waals surface area contributed by atoms with Gasteiger partial charge in [0.25, 0.3) is 0 Å². The van der Waals surface area contributed by atoms with E-state index in [1.165, 1.54) is 84.0 Å². The minimum Gasteiger partial charge on any atom is -0.460 e. The Kier molecular flexibility index (Phi) is 27.1. The van der Waals surface area contributed by atoms with Crippen molar-refractivity contribution in [2.45, 2.75) is 136 Å². The number of hydrogen-bond acceptors (Lipinski definition) is 5. The molecule has 0 fully saturated rings. The Hall–Kier alpha value is -0.668. The molecule has 33 heavy (non-hydrogen) atoms. The fraction of sp³-hybridized carbons (Fsp3) is 0.852. The number of ether oxygens (including phenoxy) is 3. The number of allylic oxidation sites excluding steroid dienone is 2. The number of rotatable bonds is 23. The van der Waals surface area contributed by atoms with Crippen LogP contribution >= 0.6 is 0 Å². The molecule has 0 aromatic heterocycles. The topological polar surface area (TPSA) is 61.8 Å². The van der Waals surface area contributed by atoms with Crippen molar-refractivity contribution in [2.24, 2.45) is 0 Å². The zero-order valence-electron chi connectivity index (χ0n) is 21.9. The molecule has 0 N–H and O–H groups in total. The minimum absolute atomic E-state index is 0. The lowest BCUT2D eigenvalue weighted by Crippen LogP contribution is -2.28. The van der Waals surface area contributed by atoms with Gasteiger partial charge in [-0.05, 0) is 52.9 Å². The largest absolute Gasteiger partial charge is 0.460 e. The lowest BCUT2D eigenvalue weighted by molar-refractivity contribution is -0.195. The van der Waals surface area contributed by atoms with E-state index < -0.39 is 12.3 Å². The predicted molar refractivity (Wildman–Crippen MR) is 137 cm³/mol. The van der Waals surface area contributed by atoms with Crippen molar-refractivity contribution in [3.63, 3.8) is 0 Å². The first-order chi connectivity index (χ1) is 15.5. The highest BCUT2D eigenvalue weighted by atomic mass is 27.0. The molecular weight excluding hydrogens is 431 g/mol. The Balaban J connectivity index is 0. The van der Waals surface area contributed by atoms with E-state index in [1.54, 1.807) is 0 Å². The standard InChI is InChI=1S/C27H50O5.Al/c1-5-6-7-8-9-10-11-12-13-14-15-16-17-18-19-20-21-30-27(32-24(2)3)23-31-26(29)22-25(4)28;/h12-13,24,27H,5-11,14-23H2,1-4H3;. The molecule has 0 saturated heterocycles. The maximum atomic E-state index is 11.5. The van der Waals surface area contributed by atoms with Crippen molar-refractivity contribution in [2.75, 3.05) is 13.2 Å². The molecule has 0 aromatic carbocycles. The van der Waals surface area contributed by atoms with Crippen LogP contribution in [0, 0.1) is 0 Å². The number of ketones is 1. The summed E-state index contributed by atoms with van der Waals surface area (Å²) in [6, 6.07) is 0. The second kappa shape index (κ2) is 25.9. The van der Waals surface area contributed by atoms with Crippen LogP contribution in [0.1, 0.15) is 124 Å². The number of carbonyl (C=O) groups is 2. The summed E-state index contributed by atoms with van der Waals surface area (Å²) in [6.45, 7) is 8.07. The molecule has 191 valence electrons. The number of Topliss-reactive ketones (excluding diaryl/α,β-unsaturated/α-hetero) is 1. The second-order valence-electron chi connectivity index (χ2n) is 8.98. The summed E-state index contributed by atoms with van der Waals surface area (Å²) in [6.07, 6.45) is 21.7. The first kappa shape index (κ1) is 34.5. The molecule has 0 aliphatic heterocycles. The van der Waals surface area contributed by atoms with E-state index in [0.29, 0.717) is 6.61 Å². The van der Waals surface area contributed by atoms with Gasteiger partial charge in [0.2, 0.25) is 0 Å². The molecule has 0 rings (SSSR count). The average Bonchev–Trinajstić information content (AvgIpc) is 2.73. The van der Waals surface area contributed by atoms with Gasteiger partial charge in [-0.2, -0.15) is 0 Å². The van der Waals surface area contributed by atoms with Crippen LogP contribution < -0.4 is 0 Å². The van der Waals surface area contributed by atoms with Gasteiger partial charge in [-0.15, -0.1) is 0 Å². The maximum Gasteiger partial charge on any atom is 0.313 e. The first-order valence-electron chi connectivity index (χ1n) is 13.0. The van der Waals surface area contributed by atoms with E-state index in [0.717, 1.165) is 12.8 Å². The first-order valence-corrected chi connectivity index (χ1v) is 13.0. The van der Waals surface area contributed by atoms with Crippen LogP contribution in [0.2, 0.25) is 0 Å². The van der Waals surface area contributed by atoms with Gasteiger partial charge in [-0.25, -0.2) is 0 Å². The Morgan fingerprint density at radius 1 is 0.788 bits per heavy atom. The molecule has 0 aromatic rings. The minimum atomic E-state index is -0.575. The molecule has 6 heteroatoms. The van der Waals surface area contributed by atoms with E-state index in [1.807, 2.05) is 13.8 Å². The van der Waals surface area contributed by atoms with Crippen molar-refractivity contribution in [3.8, 4) is 0 Å². The van der Waals surface area contributed by atoms with Gasteiger partial charge in [0.15, 0.2) is 6.29 Å². The highest BCUT2D eigenvalue weighted by Crippen LogP contribution is 2.11. The third-order valence-corrected chi connectivity index (χ3v) is 5.16. The lowest BCUT2D eigenvalue weighted by Gasteiger charge is -2.20. The van der Waals surface area contributed by atoms with Crippen LogP contribution in [-0.2, 0) is 23.8 Å². The summed E-state index contributed by atoms with van der Waals surface area (Å²) >= 11 is 0. The van der Waals surface area contributed by atoms with Gasteiger partial charge in [0.1, 0.15) is 18.8 Å². The third-order valence-electron chi connectivity index (χ3n) is 5.16. The zero-order valence-corrected chi connectivity index (χ0v) is 23.1. The van der Waals surface area contributed by atoms with Crippen molar-refractivity contribution < 1.29 is 23.8 Å². The van der Waals surface area contributed by atoms with Gasteiger partial charge < -0.3 is 14.2 Å². The number of hydrogen-bond donors (Lipinski definition) is 0. The Labute approximate surface area is 214 Å². The van der Waals surface area contributed by atoms with Crippen LogP contribution in [0.4, 0.5) is 0 Å². The molecule has 1 atom stereocenters. The SMILES string of the molecule is CCCCCCCCC=CCCCCCCCCOC(COC(=O)CC(C)=O)OC(C)C.[Al]. The molecule has 0 bridgehead atoms. The van der Waals surface area contributed by atoms with Crippen LogP contribution in [0.15, 0.2) is 12.2 Å². The van der Waals surface area contributed by atoms with Gasteiger partial charge in [-0.1, -0.05) is 76.9 Å². The van der Waals surface area contributed by atoms with Gasteiger partial charge in [0, 0.05) is 24.0 Å². The normalized spacial score (nSPS) is 12.2. The Bertz CT molecular complexity index is 479. The molecule has 0 amide bonds. The summed E-state index contributed by atoms with van der Waals surface area (Å²) in [5, 5.41) is 0. The molecule has 3 radical (unpaired) electrons. The molecule has 5 nitrogen and oxygen atoms in total. The summed E-state index contributed by atoms with van der Waals surface area (Å²) < 4.78 is 16.5. The zero-order chi connectivity index (χ0) is 23.9. The van der Waals surface area contributed by atoms with E-state index in [9.17, 15) is 9.59 Å². The van der Waals surface area contributed by atoms with E-state index in [4.69, 9.17) is 14.2 Å². The smallest absolute Gasteiger partial charge is 0.313 e. The Morgan fingerprint density at radius 3 is 1.82 bits per heavy atom. The van der Waals surface area contributed by atoms with Gasteiger partial charge in [-0.3, -0.25) is 9.59 Å². The molecule has 0 aliphatic carbocycles. The van der Waals surface area contributed by atoms with Crippen LogP contribution in [-0.4, -0.2) is 54.7 Å². The molecule has 0 spiro atoms. The summed E-state index contributed by atoms with van der Waals surface area (Å²) in [5.74, 6) is -0.739. The second-order valence-corrected chi connectivity index (χ2v) is 8.98. The highest BCUT2D eigenvalue weighted by molar-refractivity contribution is 5.94. The maximum absolute atomic E-state index is 11.5. The van der Waals surface area contributed by atoms with Crippen molar-refractivity contribution in [1.29, 1.82) is 0 Å². The van der Waals surface area contributed by atoms with E-state index >= 15 is 0 Å². The van der Waals surface area contributed by atoms with Crippen LogP contribution in [0.25, 0.3) is 0 Å². The number of carbonyl (C=O) groups excluding carboxylic acids is 2. The van der Waals surface area contributed by atoms with Crippen molar-refractivity contribution in [1.82, 2.24) is 0 Å². The van der Waals surface area contributed by atoms with Gasteiger partial charge >= 0.3 is 5.97 Å². The third kappa shape index (κ3) is 27.5. The monoisotopic (exact) mass is 481 g/mol. The van der Waals surface area contributed by atoms with Gasteiger partial charge in [0.05, 0.1) is 6.10 Å². The molecule has 0 saturated carbocycles. The molecule has 0 heterocycles. The predicted octanol–water partition coefficient (Wildman–Crippen LogP) is 6.93. The fourth-order valence-electron chi connectivity index (χ4n) is 3.41. The van der Waals surface area contributed by atoms with Crippen LogP contribution in [0.3, 0.4) is 0 Å². The quantitative estimate of drug-likeness (QED) is 0.0395. The lowest BCUT2D eigenvalue weighted by atomic mass is 10.1. The van der Waals surface area contributed by atoms with E-state index in [-0.39, 0.29) is 42.3 Å². The number of esters is 1.